The van der Waals surface area contributed by atoms with Gasteiger partial charge in [0.05, 0.1) is 4.90 Å². The smallest absolute Gasteiger partial charge is 0.239 e. The van der Waals surface area contributed by atoms with Gasteiger partial charge in [0.2, 0.25) is 10.0 Å². The first-order valence-electron chi connectivity index (χ1n) is 4.85. The molecular weight excluding hydrogens is 292 g/mol. The van der Waals surface area contributed by atoms with Gasteiger partial charge in [-0.25, -0.2) is 13.6 Å². The Hall–Kier alpha value is -0.430. The number of nitrogens with two attached hydrogens (primary N) is 1. The molecule has 0 aliphatic carbocycles. The first kappa shape index (κ1) is 13.6. The highest BCUT2D eigenvalue weighted by Gasteiger charge is 2.12. The zero-order valence-electron chi connectivity index (χ0n) is 9.20. The lowest BCUT2D eigenvalue weighted by atomic mass is 10.2. The highest BCUT2D eigenvalue weighted by Crippen LogP contribution is 2.22. The molecule has 4 nitrogen and oxygen atoms in total. The molecule has 0 saturated carbocycles. The molecule has 0 unspecified atom stereocenters. The Morgan fingerprint density at radius 3 is 2.50 bits per heavy atom. The third-order valence-corrected chi connectivity index (χ3v) is 3.90. The average Bonchev–Trinajstić information content (AvgIpc) is 2.12. The first-order valence-corrected chi connectivity index (χ1v) is 7.19. The van der Waals surface area contributed by atoms with E-state index in [0.717, 1.165) is 5.56 Å². The number of hydrogen-bond acceptors (Lipinski definition) is 3. The molecule has 0 radical (unpaired) electrons. The van der Waals surface area contributed by atoms with Crippen LogP contribution in [0.2, 0.25) is 0 Å². The number of halogens is 1. The maximum absolute atomic E-state index is 11.2. The summed E-state index contributed by atoms with van der Waals surface area (Å²) in [7, 11) is -3.65. The Morgan fingerprint density at radius 2 is 2.06 bits per heavy atom. The van der Waals surface area contributed by atoms with E-state index < -0.39 is 10.0 Å². The largest absolute Gasteiger partial charge is 0.310 e. The summed E-state index contributed by atoms with van der Waals surface area (Å²) >= 11 is 3.20. The number of hydrogen-bond donors (Lipinski definition) is 2. The molecule has 0 saturated heterocycles. The number of primary sulfonamides is 1. The standard InChI is InChI=1S/C10H15BrN2O2S/c1-7(2)13-6-8-3-4-10(9(11)5-8)16(12,14)15/h3-5,7,13H,6H2,1-2H3,(H2,12,14,15). The first-order chi connectivity index (χ1) is 7.30. The van der Waals surface area contributed by atoms with Crippen LogP contribution in [0.3, 0.4) is 0 Å². The third-order valence-electron chi connectivity index (χ3n) is 2.02. The maximum Gasteiger partial charge on any atom is 0.239 e. The van der Waals surface area contributed by atoms with Gasteiger partial charge in [0, 0.05) is 17.1 Å². The normalized spacial score (nSPS) is 12.1. The molecule has 0 spiro atoms. The van der Waals surface area contributed by atoms with Gasteiger partial charge >= 0.3 is 0 Å². The van der Waals surface area contributed by atoms with Crippen molar-refractivity contribution in [1.29, 1.82) is 0 Å². The van der Waals surface area contributed by atoms with Gasteiger partial charge in [-0.15, -0.1) is 0 Å². The van der Waals surface area contributed by atoms with Crippen LogP contribution in [0.5, 0.6) is 0 Å². The van der Waals surface area contributed by atoms with E-state index in [1.807, 2.05) is 13.8 Å². The molecule has 1 aromatic carbocycles. The lowest BCUT2D eigenvalue weighted by Gasteiger charge is -2.09. The van der Waals surface area contributed by atoms with E-state index >= 15 is 0 Å². The second-order valence-electron chi connectivity index (χ2n) is 3.85. The minimum absolute atomic E-state index is 0.112. The summed E-state index contributed by atoms with van der Waals surface area (Å²) in [5, 5.41) is 8.30. The van der Waals surface area contributed by atoms with E-state index in [2.05, 4.69) is 21.2 Å². The molecule has 0 heterocycles. The molecular formula is C10H15BrN2O2S. The van der Waals surface area contributed by atoms with E-state index in [1.165, 1.54) is 6.07 Å². The fraction of sp³-hybridized carbons (Fsp3) is 0.400. The molecule has 0 fully saturated rings. The van der Waals surface area contributed by atoms with Crippen molar-refractivity contribution in [3.8, 4) is 0 Å². The quantitative estimate of drug-likeness (QED) is 0.887. The van der Waals surface area contributed by atoms with Crippen LogP contribution in [-0.4, -0.2) is 14.5 Å². The summed E-state index contributed by atoms with van der Waals surface area (Å²) in [6.45, 7) is 4.79. The summed E-state index contributed by atoms with van der Waals surface area (Å²) in [5.41, 5.74) is 1.01. The summed E-state index contributed by atoms with van der Waals surface area (Å²) in [4.78, 5) is 0.112. The van der Waals surface area contributed by atoms with E-state index in [9.17, 15) is 8.42 Å². The van der Waals surface area contributed by atoms with Gasteiger partial charge in [0.1, 0.15) is 0 Å². The molecule has 1 aromatic rings. The number of rotatable bonds is 4. The Morgan fingerprint density at radius 1 is 1.44 bits per heavy atom. The SMILES string of the molecule is CC(C)NCc1ccc(S(N)(=O)=O)c(Br)c1. The van der Waals surface area contributed by atoms with Crippen molar-refractivity contribution >= 4 is 26.0 Å². The third kappa shape index (κ3) is 3.86. The highest BCUT2D eigenvalue weighted by atomic mass is 79.9. The fourth-order valence-electron chi connectivity index (χ4n) is 1.21. The molecule has 90 valence electrons. The van der Waals surface area contributed by atoms with Crippen molar-refractivity contribution in [2.75, 3.05) is 0 Å². The topological polar surface area (TPSA) is 72.2 Å². The van der Waals surface area contributed by atoms with Crippen LogP contribution in [0, 0.1) is 0 Å². The molecule has 3 N–H and O–H groups in total. The predicted molar refractivity (Wildman–Crippen MR) is 67.5 cm³/mol. The summed E-state index contributed by atoms with van der Waals surface area (Å²) < 4.78 is 22.8. The van der Waals surface area contributed by atoms with Crippen molar-refractivity contribution in [3.05, 3.63) is 28.2 Å². The molecule has 0 amide bonds. The number of sulfonamides is 1. The van der Waals surface area contributed by atoms with Crippen LogP contribution in [0.25, 0.3) is 0 Å². The number of benzene rings is 1. The fourth-order valence-corrected chi connectivity index (χ4v) is 2.90. The number of nitrogens with one attached hydrogen (secondary N) is 1. The van der Waals surface area contributed by atoms with Crippen LogP contribution in [0.15, 0.2) is 27.6 Å². The van der Waals surface area contributed by atoms with Crippen molar-refractivity contribution < 1.29 is 8.42 Å². The minimum Gasteiger partial charge on any atom is -0.310 e. The van der Waals surface area contributed by atoms with E-state index in [1.54, 1.807) is 12.1 Å². The Labute approximate surface area is 104 Å². The second-order valence-corrected chi connectivity index (χ2v) is 6.23. The van der Waals surface area contributed by atoms with Crippen LogP contribution >= 0.6 is 15.9 Å². The molecule has 0 aliphatic heterocycles. The monoisotopic (exact) mass is 306 g/mol. The van der Waals surface area contributed by atoms with Crippen molar-refractivity contribution in [1.82, 2.24) is 5.32 Å². The van der Waals surface area contributed by atoms with Gasteiger partial charge in [0.25, 0.3) is 0 Å². The molecule has 0 bridgehead atoms. The van der Waals surface area contributed by atoms with Crippen LogP contribution in [0.1, 0.15) is 19.4 Å². The van der Waals surface area contributed by atoms with Crippen LogP contribution in [-0.2, 0) is 16.6 Å². The molecule has 1 rings (SSSR count). The molecule has 16 heavy (non-hydrogen) atoms. The van der Waals surface area contributed by atoms with Crippen molar-refractivity contribution in [2.45, 2.75) is 31.3 Å². The van der Waals surface area contributed by atoms with Crippen molar-refractivity contribution in [2.24, 2.45) is 5.14 Å². The second kappa shape index (κ2) is 5.27. The van der Waals surface area contributed by atoms with E-state index in [0.29, 0.717) is 17.1 Å². The molecule has 6 heteroatoms. The Bertz CT molecular complexity index is 472. The Kier molecular flexibility index (Phi) is 4.49. The average molecular weight is 307 g/mol. The minimum atomic E-state index is -3.65. The summed E-state index contributed by atoms with van der Waals surface area (Å²) in [5.74, 6) is 0. The predicted octanol–water partition coefficient (Wildman–Crippen LogP) is 1.59. The van der Waals surface area contributed by atoms with Gasteiger partial charge in [-0.1, -0.05) is 19.9 Å². The maximum atomic E-state index is 11.2. The van der Waals surface area contributed by atoms with Gasteiger partial charge in [0.15, 0.2) is 0 Å². The van der Waals surface area contributed by atoms with Gasteiger partial charge in [-0.05, 0) is 33.6 Å². The van der Waals surface area contributed by atoms with Gasteiger partial charge in [-0.3, -0.25) is 0 Å². The van der Waals surface area contributed by atoms with Crippen LogP contribution in [0.4, 0.5) is 0 Å². The van der Waals surface area contributed by atoms with Gasteiger partial charge in [-0.2, -0.15) is 0 Å². The Balaban J connectivity index is 2.92. The van der Waals surface area contributed by atoms with E-state index in [4.69, 9.17) is 5.14 Å². The summed E-state index contributed by atoms with van der Waals surface area (Å²) in [6.07, 6.45) is 0. The van der Waals surface area contributed by atoms with Crippen LogP contribution < -0.4 is 10.5 Å². The molecule has 0 aromatic heterocycles. The highest BCUT2D eigenvalue weighted by molar-refractivity contribution is 9.10. The van der Waals surface area contributed by atoms with Crippen molar-refractivity contribution in [3.63, 3.8) is 0 Å². The van der Waals surface area contributed by atoms with Gasteiger partial charge < -0.3 is 5.32 Å². The lowest BCUT2D eigenvalue weighted by Crippen LogP contribution is -2.22. The lowest BCUT2D eigenvalue weighted by molar-refractivity contribution is 0.587. The van der Waals surface area contributed by atoms with E-state index in [-0.39, 0.29) is 4.90 Å². The summed E-state index contributed by atoms with van der Waals surface area (Å²) in [6, 6.07) is 5.41. The molecule has 0 atom stereocenters. The molecule has 0 aliphatic rings. The zero-order chi connectivity index (χ0) is 12.3. The zero-order valence-corrected chi connectivity index (χ0v) is 11.6.